The molecule has 4 nitrogen and oxygen atoms in total. The molecule has 3 rings (SSSR count). The first-order valence-corrected chi connectivity index (χ1v) is 6.36. The third kappa shape index (κ3) is 1.76. The summed E-state index contributed by atoms with van der Waals surface area (Å²) in [4.78, 5) is 16.3. The summed E-state index contributed by atoms with van der Waals surface area (Å²) >= 11 is 1.49. The largest absolute Gasteiger partial charge is 0.497 e. The van der Waals surface area contributed by atoms with Gasteiger partial charge in [-0.05, 0) is 17.7 Å². The average molecular weight is 261 g/mol. The molecule has 1 aliphatic carbocycles. The first kappa shape index (κ1) is 11.2. The number of methoxy groups -OCH3 is 1. The fourth-order valence-electron chi connectivity index (χ4n) is 2.17. The minimum Gasteiger partial charge on any atom is -0.497 e. The van der Waals surface area contributed by atoms with Gasteiger partial charge in [0.1, 0.15) is 10.8 Å². The lowest BCUT2D eigenvalue weighted by atomic mass is 10.1. The summed E-state index contributed by atoms with van der Waals surface area (Å²) in [7, 11) is 1.63. The summed E-state index contributed by atoms with van der Waals surface area (Å²) in [6.45, 7) is 0. The number of carbonyl (C=O) groups is 1. The van der Waals surface area contributed by atoms with Crippen molar-refractivity contribution in [1.82, 2.24) is 4.98 Å². The lowest BCUT2D eigenvalue weighted by Crippen LogP contribution is -1.99. The fraction of sp³-hybridized carbons (Fsp3) is 0.231. The molecule has 1 aliphatic rings. The van der Waals surface area contributed by atoms with Crippen molar-refractivity contribution in [2.24, 2.45) is 0 Å². The predicted molar refractivity (Wildman–Crippen MR) is 68.2 cm³/mol. The van der Waals surface area contributed by atoms with Gasteiger partial charge in [-0.1, -0.05) is 6.07 Å². The number of aliphatic carboxylic acids is 1. The summed E-state index contributed by atoms with van der Waals surface area (Å²) in [6, 6.07) is 5.94. The lowest BCUT2D eigenvalue weighted by molar-refractivity contribution is -0.136. The van der Waals surface area contributed by atoms with E-state index >= 15 is 0 Å². The second-order valence-corrected chi connectivity index (χ2v) is 5.32. The average Bonchev–Trinajstić information content (AvgIpc) is 2.84. The highest BCUT2D eigenvalue weighted by atomic mass is 32.1. The Morgan fingerprint density at radius 2 is 2.39 bits per heavy atom. The maximum absolute atomic E-state index is 10.7. The van der Waals surface area contributed by atoms with Crippen LogP contribution < -0.4 is 4.74 Å². The summed E-state index contributed by atoms with van der Waals surface area (Å²) in [5, 5.41) is 9.45. The van der Waals surface area contributed by atoms with Crippen molar-refractivity contribution >= 4 is 17.3 Å². The predicted octanol–water partition coefficient (Wildman–Crippen LogP) is 2.35. The molecule has 1 aromatic heterocycles. The number of hydrogen-bond donors (Lipinski definition) is 1. The summed E-state index contributed by atoms with van der Waals surface area (Å²) in [6.07, 6.45) is 0.836. The van der Waals surface area contributed by atoms with Crippen LogP contribution in [0, 0.1) is 0 Å². The van der Waals surface area contributed by atoms with Crippen LogP contribution >= 0.6 is 11.3 Å². The Hall–Kier alpha value is -1.88. The third-order valence-corrected chi connectivity index (χ3v) is 4.02. The molecule has 0 unspecified atom stereocenters. The highest BCUT2D eigenvalue weighted by Crippen LogP contribution is 2.41. The van der Waals surface area contributed by atoms with Crippen LogP contribution in [0.1, 0.15) is 15.4 Å². The van der Waals surface area contributed by atoms with Crippen molar-refractivity contribution in [3.8, 4) is 17.0 Å². The molecule has 0 saturated heterocycles. The maximum atomic E-state index is 10.7. The molecule has 0 radical (unpaired) electrons. The normalized spacial score (nSPS) is 12.1. The molecule has 0 saturated carbocycles. The Kier molecular flexibility index (Phi) is 2.56. The van der Waals surface area contributed by atoms with Gasteiger partial charge in [-0.15, -0.1) is 11.3 Å². The highest BCUT2D eigenvalue weighted by Gasteiger charge is 2.24. The van der Waals surface area contributed by atoms with E-state index in [1.54, 1.807) is 7.11 Å². The molecule has 18 heavy (non-hydrogen) atoms. The molecule has 0 amide bonds. The standard InChI is InChI=1S/C13H11NO3S/c1-17-8-3-2-7-4-10-13(9(7)5-8)14-11(18-10)6-12(15)16/h2-3,5H,4,6H2,1H3,(H,15,16). The van der Waals surface area contributed by atoms with Crippen LogP contribution in [0.25, 0.3) is 11.3 Å². The number of rotatable bonds is 3. The molecule has 0 fully saturated rings. The number of aromatic nitrogens is 1. The van der Waals surface area contributed by atoms with Crippen molar-refractivity contribution in [2.45, 2.75) is 12.8 Å². The topological polar surface area (TPSA) is 59.4 Å². The summed E-state index contributed by atoms with van der Waals surface area (Å²) in [5.74, 6) is -0.0392. The summed E-state index contributed by atoms with van der Waals surface area (Å²) in [5.41, 5.74) is 3.22. The Balaban J connectivity index is 2.02. The number of ether oxygens (including phenoxy) is 1. The number of benzene rings is 1. The van der Waals surface area contributed by atoms with Crippen molar-refractivity contribution in [2.75, 3.05) is 7.11 Å². The SMILES string of the molecule is COc1ccc2c(c1)-c1nc(CC(=O)O)sc1C2. The first-order valence-electron chi connectivity index (χ1n) is 5.55. The van der Waals surface area contributed by atoms with Gasteiger partial charge in [-0.3, -0.25) is 4.79 Å². The second-order valence-electron chi connectivity index (χ2n) is 4.15. The Bertz CT molecular complexity index is 633. The van der Waals surface area contributed by atoms with Gasteiger partial charge in [-0.25, -0.2) is 4.98 Å². The first-order chi connectivity index (χ1) is 8.67. The molecule has 0 atom stereocenters. The number of thiazole rings is 1. The molecule has 92 valence electrons. The van der Waals surface area contributed by atoms with Crippen LogP contribution in [0.3, 0.4) is 0 Å². The molecular weight excluding hydrogens is 250 g/mol. The van der Waals surface area contributed by atoms with Crippen LogP contribution in [-0.2, 0) is 17.6 Å². The Labute approximate surface area is 108 Å². The number of hydrogen-bond acceptors (Lipinski definition) is 4. The van der Waals surface area contributed by atoms with Crippen LogP contribution in [0.4, 0.5) is 0 Å². The third-order valence-electron chi connectivity index (χ3n) is 2.97. The second kappa shape index (κ2) is 4.10. The minimum atomic E-state index is -0.840. The van der Waals surface area contributed by atoms with Crippen molar-refractivity contribution < 1.29 is 14.6 Å². The lowest BCUT2D eigenvalue weighted by Gasteiger charge is -2.03. The quantitative estimate of drug-likeness (QED) is 0.786. The van der Waals surface area contributed by atoms with Gasteiger partial charge in [0, 0.05) is 16.9 Å². The van der Waals surface area contributed by atoms with E-state index < -0.39 is 5.97 Å². The van der Waals surface area contributed by atoms with Crippen molar-refractivity contribution in [3.05, 3.63) is 33.6 Å². The van der Waals surface area contributed by atoms with Gasteiger partial charge in [0.2, 0.25) is 0 Å². The summed E-state index contributed by atoms with van der Waals surface area (Å²) < 4.78 is 5.21. The molecule has 1 heterocycles. The molecule has 0 spiro atoms. The fourth-order valence-corrected chi connectivity index (χ4v) is 3.26. The van der Waals surface area contributed by atoms with Gasteiger partial charge in [0.15, 0.2) is 0 Å². The van der Waals surface area contributed by atoms with Gasteiger partial charge in [0.05, 0.1) is 19.2 Å². The minimum absolute atomic E-state index is 0.00301. The Morgan fingerprint density at radius 1 is 1.56 bits per heavy atom. The maximum Gasteiger partial charge on any atom is 0.310 e. The van der Waals surface area contributed by atoms with E-state index in [9.17, 15) is 4.79 Å². The van der Waals surface area contributed by atoms with Crippen molar-refractivity contribution in [1.29, 1.82) is 0 Å². The van der Waals surface area contributed by atoms with Gasteiger partial charge in [0.25, 0.3) is 0 Å². The Morgan fingerprint density at radius 3 is 3.11 bits per heavy atom. The zero-order chi connectivity index (χ0) is 12.7. The number of carboxylic acids is 1. The van der Waals surface area contributed by atoms with E-state index in [-0.39, 0.29) is 6.42 Å². The molecule has 0 aliphatic heterocycles. The van der Waals surface area contributed by atoms with E-state index in [1.807, 2.05) is 18.2 Å². The highest BCUT2D eigenvalue weighted by molar-refractivity contribution is 7.12. The molecule has 0 bridgehead atoms. The monoisotopic (exact) mass is 261 g/mol. The van der Waals surface area contributed by atoms with E-state index in [1.165, 1.54) is 16.9 Å². The van der Waals surface area contributed by atoms with Crippen molar-refractivity contribution in [3.63, 3.8) is 0 Å². The zero-order valence-corrected chi connectivity index (χ0v) is 10.6. The van der Waals surface area contributed by atoms with E-state index in [4.69, 9.17) is 9.84 Å². The van der Waals surface area contributed by atoms with E-state index in [0.29, 0.717) is 5.01 Å². The molecule has 5 heteroatoms. The number of nitrogens with zero attached hydrogens (tertiary/aromatic N) is 1. The van der Waals surface area contributed by atoms with Crippen LogP contribution in [0.15, 0.2) is 18.2 Å². The molecule has 1 aromatic carbocycles. The number of fused-ring (bicyclic) bond motifs is 3. The molecule has 2 aromatic rings. The van der Waals surface area contributed by atoms with E-state index in [0.717, 1.165) is 28.3 Å². The van der Waals surface area contributed by atoms with Crippen LogP contribution in [0.5, 0.6) is 5.75 Å². The van der Waals surface area contributed by atoms with Crippen LogP contribution in [-0.4, -0.2) is 23.2 Å². The van der Waals surface area contributed by atoms with E-state index in [2.05, 4.69) is 4.98 Å². The van der Waals surface area contributed by atoms with Crippen LogP contribution in [0.2, 0.25) is 0 Å². The smallest absolute Gasteiger partial charge is 0.310 e. The number of carboxylic acid groups (broad SMARTS) is 1. The molecule has 1 N–H and O–H groups in total. The van der Waals surface area contributed by atoms with Gasteiger partial charge < -0.3 is 9.84 Å². The molecular formula is C13H11NO3S. The zero-order valence-electron chi connectivity index (χ0n) is 9.77. The van der Waals surface area contributed by atoms with Gasteiger partial charge >= 0.3 is 5.97 Å². The van der Waals surface area contributed by atoms with Gasteiger partial charge in [-0.2, -0.15) is 0 Å².